The number of hydrogen-bond acceptors (Lipinski definition) is 3. The van der Waals surface area contributed by atoms with Crippen molar-refractivity contribution in [1.29, 1.82) is 0 Å². The van der Waals surface area contributed by atoms with Gasteiger partial charge in [-0.2, -0.15) is 5.10 Å². The van der Waals surface area contributed by atoms with Gasteiger partial charge in [0.25, 0.3) is 5.91 Å². The lowest BCUT2D eigenvalue weighted by Gasteiger charge is -2.14. The van der Waals surface area contributed by atoms with E-state index in [2.05, 4.69) is 24.3 Å². The molecular formula is C12H21N3O2. The van der Waals surface area contributed by atoms with Crippen LogP contribution in [0.5, 0.6) is 0 Å². The van der Waals surface area contributed by atoms with E-state index in [1.165, 1.54) is 0 Å². The highest BCUT2D eigenvalue weighted by Crippen LogP contribution is 2.17. The number of nitrogens with one attached hydrogen (secondary N) is 1. The number of aliphatic hydroxyl groups is 1. The predicted octanol–water partition coefficient (Wildman–Crippen LogP) is 1.27. The molecule has 0 saturated carbocycles. The van der Waals surface area contributed by atoms with E-state index in [0.29, 0.717) is 11.7 Å². The van der Waals surface area contributed by atoms with Crippen molar-refractivity contribution >= 4 is 5.91 Å². The van der Waals surface area contributed by atoms with Crippen LogP contribution in [0.25, 0.3) is 0 Å². The van der Waals surface area contributed by atoms with Crippen LogP contribution in [0, 0.1) is 6.92 Å². The lowest BCUT2D eigenvalue weighted by Crippen LogP contribution is -2.27. The number of carbonyl (C=O) groups excluding carboxylic acids is 1. The van der Waals surface area contributed by atoms with Gasteiger partial charge in [-0.1, -0.05) is 13.8 Å². The molecule has 0 aliphatic heterocycles. The van der Waals surface area contributed by atoms with Gasteiger partial charge in [0.15, 0.2) is 0 Å². The molecule has 0 bridgehead atoms. The van der Waals surface area contributed by atoms with Crippen molar-refractivity contribution in [3.63, 3.8) is 0 Å². The molecule has 1 heterocycles. The summed E-state index contributed by atoms with van der Waals surface area (Å²) in [5, 5.41) is 15.6. The molecule has 1 aromatic heterocycles. The number of aromatic nitrogens is 2. The average Bonchev–Trinajstić information content (AvgIpc) is 2.70. The second kappa shape index (κ2) is 6.39. The first kappa shape index (κ1) is 13.7. The maximum atomic E-state index is 11.7. The van der Waals surface area contributed by atoms with Gasteiger partial charge in [0, 0.05) is 12.2 Å². The molecule has 1 rings (SSSR count). The van der Waals surface area contributed by atoms with Gasteiger partial charge < -0.3 is 10.4 Å². The number of aryl methyl sites for hydroxylation is 1. The highest BCUT2D eigenvalue weighted by atomic mass is 16.3. The van der Waals surface area contributed by atoms with E-state index in [1.54, 1.807) is 6.07 Å². The molecule has 2 N–H and O–H groups in total. The maximum absolute atomic E-state index is 11.7. The fourth-order valence-electron chi connectivity index (χ4n) is 1.86. The van der Waals surface area contributed by atoms with Crippen molar-refractivity contribution < 1.29 is 9.90 Å². The SMILES string of the molecule is CCC(CC)n1nc(C(=O)NCCO)cc1C. The van der Waals surface area contributed by atoms with Crippen LogP contribution in [0.1, 0.15) is 48.9 Å². The Balaban J connectivity index is 2.83. The lowest BCUT2D eigenvalue weighted by molar-refractivity contribution is 0.0938. The summed E-state index contributed by atoms with van der Waals surface area (Å²) in [4.78, 5) is 11.7. The van der Waals surface area contributed by atoms with Crippen molar-refractivity contribution in [2.75, 3.05) is 13.2 Å². The summed E-state index contributed by atoms with van der Waals surface area (Å²) in [6.07, 6.45) is 1.99. The number of aliphatic hydroxyl groups excluding tert-OH is 1. The summed E-state index contributed by atoms with van der Waals surface area (Å²) >= 11 is 0. The highest BCUT2D eigenvalue weighted by molar-refractivity contribution is 5.92. The molecule has 96 valence electrons. The predicted molar refractivity (Wildman–Crippen MR) is 66.0 cm³/mol. The fourth-order valence-corrected chi connectivity index (χ4v) is 1.86. The molecule has 0 unspecified atom stereocenters. The summed E-state index contributed by atoms with van der Waals surface area (Å²) in [5.41, 5.74) is 1.41. The first-order chi connectivity index (χ1) is 8.13. The molecule has 0 aliphatic rings. The lowest BCUT2D eigenvalue weighted by atomic mass is 10.2. The molecule has 0 saturated heterocycles. The highest BCUT2D eigenvalue weighted by Gasteiger charge is 2.15. The number of hydrogen-bond donors (Lipinski definition) is 2. The van der Waals surface area contributed by atoms with Gasteiger partial charge >= 0.3 is 0 Å². The van der Waals surface area contributed by atoms with Gasteiger partial charge in [-0.25, -0.2) is 0 Å². The smallest absolute Gasteiger partial charge is 0.271 e. The van der Waals surface area contributed by atoms with Crippen LogP contribution < -0.4 is 5.32 Å². The first-order valence-electron chi connectivity index (χ1n) is 6.09. The Morgan fingerprint density at radius 2 is 2.18 bits per heavy atom. The second-order valence-electron chi connectivity index (χ2n) is 4.07. The Bertz CT molecular complexity index is 370. The third-order valence-electron chi connectivity index (χ3n) is 2.84. The van der Waals surface area contributed by atoms with E-state index in [0.717, 1.165) is 18.5 Å². The molecule has 0 aliphatic carbocycles. The Labute approximate surface area is 102 Å². The Morgan fingerprint density at radius 3 is 2.71 bits per heavy atom. The van der Waals surface area contributed by atoms with Gasteiger partial charge in [0.1, 0.15) is 5.69 Å². The standard InChI is InChI=1S/C12H21N3O2/c1-4-10(5-2)15-9(3)8-11(14-15)12(17)13-6-7-16/h8,10,16H,4-7H2,1-3H3,(H,13,17). The van der Waals surface area contributed by atoms with Crippen LogP contribution in [0.15, 0.2) is 6.07 Å². The Morgan fingerprint density at radius 1 is 1.53 bits per heavy atom. The zero-order valence-corrected chi connectivity index (χ0v) is 10.7. The number of amides is 1. The van der Waals surface area contributed by atoms with Crippen LogP contribution >= 0.6 is 0 Å². The molecule has 0 atom stereocenters. The van der Waals surface area contributed by atoms with Crippen molar-refractivity contribution in [2.45, 2.75) is 39.7 Å². The Kier molecular flexibility index (Phi) is 5.15. The minimum absolute atomic E-state index is 0.0576. The summed E-state index contributed by atoms with van der Waals surface area (Å²) in [6.45, 7) is 6.38. The molecule has 17 heavy (non-hydrogen) atoms. The zero-order valence-electron chi connectivity index (χ0n) is 10.7. The van der Waals surface area contributed by atoms with Crippen molar-refractivity contribution in [1.82, 2.24) is 15.1 Å². The van der Waals surface area contributed by atoms with E-state index in [9.17, 15) is 4.79 Å². The summed E-state index contributed by atoms with van der Waals surface area (Å²) in [7, 11) is 0. The topological polar surface area (TPSA) is 67.2 Å². The molecule has 0 radical (unpaired) electrons. The number of rotatable bonds is 6. The molecule has 5 heteroatoms. The molecule has 5 nitrogen and oxygen atoms in total. The van der Waals surface area contributed by atoms with Crippen LogP contribution in [0.4, 0.5) is 0 Å². The minimum Gasteiger partial charge on any atom is -0.395 e. The third kappa shape index (κ3) is 3.30. The maximum Gasteiger partial charge on any atom is 0.271 e. The quantitative estimate of drug-likeness (QED) is 0.785. The molecule has 0 fully saturated rings. The van der Waals surface area contributed by atoms with Crippen LogP contribution in [-0.2, 0) is 0 Å². The molecule has 1 aromatic rings. The van der Waals surface area contributed by atoms with Crippen LogP contribution in [0.2, 0.25) is 0 Å². The van der Waals surface area contributed by atoms with Gasteiger partial charge in [-0.3, -0.25) is 9.48 Å². The number of nitrogens with zero attached hydrogens (tertiary/aromatic N) is 2. The summed E-state index contributed by atoms with van der Waals surface area (Å²) in [5.74, 6) is -0.230. The first-order valence-corrected chi connectivity index (χ1v) is 6.09. The van der Waals surface area contributed by atoms with Crippen molar-refractivity contribution in [3.05, 3.63) is 17.5 Å². The Hall–Kier alpha value is -1.36. The largest absolute Gasteiger partial charge is 0.395 e. The summed E-state index contributed by atoms with van der Waals surface area (Å²) < 4.78 is 1.91. The molecule has 1 amide bonds. The fraction of sp³-hybridized carbons (Fsp3) is 0.667. The van der Waals surface area contributed by atoms with Gasteiger partial charge in [-0.05, 0) is 25.8 Å². The monoisotopic (exact) mass is 239 g/mol. The minimum atomic E-state index is -0.230. The van der Waals surface area contributed by atoms with E-state index in [-0.39, 0.29) is 19.1 Å². The van der Waals surface area contributed by atoms with E-state index in [1.807, 2.05) is 11.6 Å². The van der Waals surface area contributed by atoms with Gasteiger partial charge in [-0.15, -0.1) is 0 Å². The van der Waals surface area contributed by atoms with Crippen molar-refractivity contribution in [3.8, 4) is 0 Å². The molecule has 0 aromatic carbocycles. The van der Waals surface area contributed by atoms with E-state index < -0.39 is 0 Å². The van der Waals surface area contributed by atoms with Crippen LogP contribution in [0.3, 0.4) is 0 Å². The van der Waals surface area contributed by atoms with Gasteiger partial charge in [0.2, 0.25) is 0 Å². The van der Waals surface area contributed by atoms with Crippen molar-refractivity contribution in [2.24, 2.45) is 0 Å². The normalized spacial score (nSPS) is 10.9. The number of carbonyl (C=O) groups is 1. The third-order valence-corrected chi connectivity index (χ3v) is 2.84. The van der Waals surface area contributed by atoms with E-state index >= 15 is 0 Å². The molecular weight excluding hydrogens is 218 g/mol. The second-order valence-corrected chi connectivity index (χ2v) is 4.07. The zero-order chi connectivity index (χ0) is 12.8. The average molecular weight is 239 g/mol. The van der Waals surface area contributed by atoms with E-state index in [4.69, 9.17) is 5.11 Å². The van der Waals surface area contributed by atoms with Crippen LogP contribution in [-0.4, -0.2) is 33.9 Å². The van der Waals surface area contributed by atoms with Gasteiger partial charge in [0.05, 0.1) is 12.6 Å². The molecule has 0 spiro atoms. The summed E-state index contributed by atoms with van der Waals surface area (Å²) in [6, 6.07) is 2.12.